The molecule has 1 atom stereocenters. The molecular formula is C13H20N2O. The van der Waals surface area contributed by atoms with Crippen LogP contribution in [-0.2, 0) is 0 Å². The molecule has 0 bridgehead atoms. The van der Waals surface area contributed by atoms with Gasteiger partial charge in [0.05, 0.1) is 6.61 Å². The van der Waals surface area contributed by atoms with Crippen LogP contribution in [0, 0.1) is 6.92 Å². The summed E-state index contributed by atoms with van der Waals surface area (Å²) in [5.41, 5.74) is 1.11. The molecule has 2 rings (SSSR count). The van der Waals surface area contributed by atoms with Crippen molar-refractivity contribution in [2.24, 2.45) is 0 Å². The lowest BCUT2D eigenvalue weighted by Gasteiger charge is -2.23. The highest BCUT2D eigenvalue weighted by atomic mass is 16.5. The number of aryl methyl sites for hydroxylation is 1. The van der Waals surface area contributed by atoms with Gasteiger partial charge in [-0.3, -0.25) is 4.98 Å². The Kier molecular flexibility index (Phi) is 4.17. The van der Waals surface area contributed by atoms with Crippen LogP contribution >= 0.6 is 0 Å². The summed E-state index contributed by atoms with van der Waals surface area (Å²) in [5, 5.41) is 3.53. The molecule has 1 unspecified atom stereocenters. The fourth-order valence-electron chi connectivity index (χ4n) is 2.10. The maximum atomic E-state index is 5.76. The van der Waals surface area contributed by atoms with E-state index in [4.69, 9.17) is 4.74 Å². The molecule has 0 aromatic carbocycles. The SMILES string of the molecule is Cc1cnccc1OCCC1CCCCN1. The molecule has 0 saturated carbocycles. The van der Waals surface area contributed by atoms with Gasteiger partial charge >= 0.3 is 0 Å². The lowest BCUT2D eigenvalue weighted by Crippen LogP contribution is -2.35. The second-order valence-electron chi connectivity index (χ2n) is 4.43. The molecule has 0 spiro atoms. The molecule has 1 fully saturated rings. The minimum Gasteiger partial charge on any atom is -0.493 e. The van der Waals surface area contributed by atoms with Crippen LogP contribution in [0.3, 0.4) is 0 Å². The predicted molar refractivity (Wildman–Crippen MR) is 64.7 cm³/mol. The predicted octanol–water partition coefficient (Wildman–Crippen LogP) is 2.30. The van der Waals surface area contributed by atoms with E-state index in [1.165, 1.54) is 25.8 Å². The Morgan fingerprint density at radius 3 is 3.19 bits per heavy atom. The Labute approximate surface area is 97.2 Å². The monoisotopic (exact) mass is 220 g/mol. The summed E-state index contributed by atoms with van der Waals surface area (Å²) in [6.45, 7) is 3.99. The summed E-state index contributed by atoms with van der Waals surface area (Å²) in [4.78, 5) is 4.05. The molecule has 0 amide bonds. The topological polar surface area (TPSA) is 34.1 Å². The van der Waals surface area contributed by atoms with Crippen LogP contribution in [0.4, 0.5) is 0 Å². The number of nitrogens with one attached hydrogen (secondary N) is 1. The van der Waals surface area contributed by atoms with Crippen molar-refractivity contribution < 1.29 is 4.74 Å². The van der Waals surface area contributed by atoms with Crippen LogP contribution in [0.25, 0.3) is 0 Å². The summed E-state index contributed by atoms with van der Waals surface area (Å²) < 4.78 is 5.76. The van der Waals surface area contributed by atoms with Crippen molar-refractivity contribution in [1.29, 1.82) is 0 Å². The third-order valence-electron chi connectivity index (χ3n) is 3.11. The van der Waals surface area contributed by atoms with E-state index >= 15 is 0 Å². The highest BCUT2D eigenvalue weighted by Crippen LogP contribution is 2.16. The van der Waals surface area contributed by atoms with E-state index in [1.54, 1.807) is 6.20 Å². The average molecular weight is 220 g/mol. The number of rotatable bonds is 4. The molecule has 1 aliphatic heterocycles. The molecule has 1 aromatic heterocycles. The van der Waals surface area contributed by atoms with Crippen molar-refractivity contribution in [3.63, 3.8) is 0 Å². The minimum absolute atomic E-state index is 0.649. The zero-order chi connectivity index (χ0) is 11.2. The fraction of sp³-hybridized carbons (Fsp3) is 0.615. The van der Waals surface area contributed by atoms with E-state index in [1.807, 2.05) is 19.2 Å². The Morgan fingerprint density at radius 1 is 1.50 bits per heavy atom. The Hall–Kier alpha value is -1.09. The normalized spacial score (nSPS) is 20.7. The lowest BCUT2D eigenvalue weighted by atomic mass is 10.0. The molecule has 1 N–H and O–H groups in total. The van der Waals surface area contributed by atoms with E-state index in [2.05, 4.69) is 10.3 Å². The van der Waals surface area contributed by atoms with E-state index in [-0.39, 0.29) is 0 Å². The first kappa shape index (κ1) is 11.4. The highest BCUT2D eigenvalue weighted by Gasteiger charge is 2.12. The third kappa shape index (κ3) is 3.20. The molecule has 16 heavy (non-hydrogen) atoms. The Balaban J connectivity index is 1.73. The summed E-state index contributed by atoms with van der Waals surface area (Å²) >= 11 is 0. The molecular weight excluding hydrogens is 200 g/mol. The standard InChI is InChI=1S/C13H20N2O/c1-11-10-14-8-5-13(11)16-9-6-12-4-2-3-7-15-12/h5,8,10,12,15H,2-4,6-7,9H2,1H3. The maximum absolute atomic E-state index is 5.76. The minimum atomic E-state index is 0.649. The van der Waals surface area contributed by atoms with Gasteiger partial charge in [0, 0.05) is 24.0 Å². The van der Waals surface area contributed by atoms with Crippen molar-refractivity contribution in [3.05, 3.63) is 24.0 Å². The van der Waals surface area contributed by atoms with Gasteiger partial charge in [-0.25, -0.2) is 0 Å². The molecule has 1 aliphatic rings. The van der Waals surface area contributed by atoms with Crippen LogP contribution in [-0.4, -0.2) is 24.2 Å². The smallest absolute Gasteiger partial charge is 0.125 e. The first-order valence-corrected chi connectivity index (χ1v) is 6.13. The highest BCUT2D eigenvalue weighted by molar-refractivity contribution is 5.28. The third-order valence-corrected chi connectivity index (χ3v) is 3.11. The maximum Gasteiger partial charge on any atom is 0.125 e. The van der Waals surface area contributed by atoms with Gasteiger partial charge in [-0.2, -0.15) is 0 Å². The van der Waals surface area contributed by atoms with Gasteiger partial charge in [-0.05, 0) is 38.8 Å². The second kappa shape index (κ2) is 5.85. The van der Waals surface area contributed by atoms with Gasteiger partial charge in [0.2, 0.25) is 0 Å². The van der Waals surface area contributed by atoms with Crippen molar-refractivity contribution >= 4 is 0 Å². The summed E-state index contributed by atoms with van der Waals surface area (Å²) in [6.07, 6.45) is 8.68. The summed E-state index contributed by atoms with van der Waals surface area (Å²) in [5.74, 6) is 0.964. The number of ether oxygens (including phenoxy) is 1. The lowest BCUT2D eigenvalue weighted by molar-refractivity contribution is 0.267. The van der Waals surface area contributed by atoms with Gasteiger partial charge in [0.25, 0.3) is 0 Å². The van der Waals surface area contributed by atoms with Gasteiger partial charge in [-0.15, -0.1) is 0 Å². The number of piperidine rings is 1. The van der Waals surface area contributed by atoms with Gasteiger partial charge in [0.1, 0.15) is 5.75 Å². The van der Waals surface area contributed by atoms with Crippen molar-refractivity contribution in [2.75, 3.05) is 13.2 Å². The summed E-state index contributed by atoms with van der Waals surface area (Å²) in [7, 11) is 0. The molecule has 3 heteroatoms. The van der Waals surface area contributed by atoms with Crippen LogP contribution in [0.5, 0.6) is 5.75 Å². The zero-order valence-corrected chi connectivity index (χ0v) is 9.91. The fourth-order valence-corrected chi connectivity index (χ4v) is 2.10. The van der Waals surface area contributed by atoms with Gasteiger partial charge < -0.3 is 10.1 Å². The van der Waals surface area contributed by atoms with E-state index < -0.39 is 0 Å². The van der Waals surface area contributed by atoms with Crippen LogP contribution in [0.15, 0.2) is 18.5 Å². The average Bonchev–Trinajstić information content (AvgIpc) is 2.33. The van der Waals surface area contributed by atoms with Gasteiger partial charge in [-0.1, -0.05) is 6.42 Å². The number of hydrogen-bond acceptors (Lipinski definition) is 3. The van der Waals surface area contributed by atoms with E-state index in [0.717, 1.165) is 24.3 Å². The molecule has 0 radical (unpaired) electrons. The largest absolute Gasteiger partial charge is 0.493 e. The Bertz CT molecular complexity index is 321. The first-order valence-electron chi connectivity index (χ1n) is 6.13. The molecule has 2 heterocycles. The van der Waals surface area contributed by atoms with Crippen LogP contribution in [0.1, 0.15) is 31.2 Å². The molecule has 0 aliphatic carbocycles. The zero-order valence-electron chi connectivity index (χ0n) is 9.91. The summed E-state index contributed by atoms with van der Waals surface area (Å²) in [6, 6.07) is 2.58. The number of nitrogens with zero attached hydrogens (tertiary/aromatic N) is 1. The van der Waals surface area contributed by atoms with E-state index in [0.29, 0.717) is 6.04 Å². The van der Waals surface area contributed by atoms with Crippen LogP contribution < -0.4 is 10.1 Å². The number of hydrogen-bond donors (Lipinski definition) is 1. The van der Waals surface area contributed by atoms with Crippen LogP contribution in [0.2, 0.25) is 0 Å². The van der Waals surface area contributed by atoms with Gasteiger partial charge in [0.15, 0.2) is 0 Å². The quantitative estimate of drug-likeness (QED) is 0.845. The number of pyridine rings is 1. The van der Waals surface area contributed by atoms with E-state index in [9.17, 15) is 0 Å². The van der Waals surface area contributed by atoms with Crippen molar-refractivity contribution in [2.45, 2.75) is 38.6 Å². The van der Waals surface area contributed by atoms with Crippen molar-refractivity contribution in [3.8, 4) is 5.75 Å². The Morgan fingerprint density at radius 2 is 2.44 bits per heavy atom. The molecule has 3 nitrogen and oxygen atoms in total. The second-order valence-corrected chi connectivity index (χ2v) is 4.43. The van der Waals surface area contributed by atoms with Crippen molar-refractivity contribution in [1.82, 2.24) is 10.3 Å². The molecule has 1 saturated heterocycles. The first-order chi connectivity index (χ1) is 7.86. The number of aromatic nitrogens is 1. The molecule has 1 aromatic rings. The molecule has 88 valence electrons.